The minimum absolute atomic E-state index is 0.292. The molecule has 0 aromatic heterocycles. The van der Waals surface area contributed by atoms with Crippen LogP contribution in [0.15, 0.2) is 60.0 Å². The quantitative estimate of drug-likeness (QED) is 0.736. The number of ether oxygens (including phenoxy) is 1. The predicted molar refractivity (Wildman–Crippen MR) is 108 cm³/mol. The molecule has 144 valence electrons. The molecule has 3 rings (SSSR count). The van der Waals surface area contributed by atoms with E-state index in [1.807, 2.05) is 30.3 Å². The molecule has 1 saturated heterocycles. The lowest BCUT2D eigenvalue weighted by atomic mass is 10.1. The second kappa shape index (κ2) is 9.48. The highest BCUT2D eigenvalue weighted by Gasteiger charge is 2.24. The van der Waals surface area contributed by atoms with Crippen LogP contribution in [0.25, 0.3) is 6.08 Å². The van der Waals surface area contributed by atoms with Gasteiger partial charge in [0.2, 0.25) is 10.0 Å². The van der Waals surface area contributed by atoms with Crippen LogP contribution in [0.5, 0.6) is 0 Å². The molecule has 1 heterocycles. The highest BCUT2D eigenvalue weighted by Crippen LogP contribution is 2.14. The van der Waals surface area contributed by atoms with Crippen LogP contribution in [-0.4, -0.2) is 41.3 Å². The first kappa shape index (κ1) is 20.0. The molecule has 0 unspecified atom stereocenters. The number of morpholine rings is 1. The number of hydrogen-bond donors (Lipinski definition) is 2. The van der Waals surface area contributed by atoms with E-state index in [9.17, 15) is 8.42 Å². The van der Waals surface area contributed by atoms with Crippen molar-refractivity contribution < 1.29 is 18.1 Å². The molecule has 0 spiro atoms. The van der Waals surface area contributed by atoms with Crippen molar-refractivity contribution in [2.75, 3.05) is 32.8 Å². The first-order valence-electron chi connectivity index (χ1n) is 8.94. The van der Waals surface area contributed by atoms with E-state index < -0.39 is 10.0 Å². The number of rotatable bonds is 7. The van der Waals surface area contributed by atoms with Crippen LogP contribution >= 0.6 is 11.6 Å². The standard InChI is InChI=1S/C20H23ClN2O3S/c21-19-8-6-17(7-9-19)10-15-27(24,25)22-20(18-4-2-1-3-5-18)16-23-11-13-26-14-12-23/h1-10,15,20,22H,11-14,16H2/p+1/b15-10+/t20-/m0/s1. The lowest BCUT2D eigenvalue weighted by molar-refractivity contribution is -0.909. The number of halogens is 1. The summed E-state index contributed by atoms with van der Waals surface area (Å²) in [6.45, 7) is 3.86. The third-order valence-electron chi connectivity index (χ3n) is 4.51. The summed E-state index contributed by atoms with van der Waals surface area (Å²) in [6, 6.07) is 16.4. The summed E-state index contributed by atoms with van der Waals surface area (Å²) in [4.78, 5) is 1.33. The fraction of sp³-hybridized carbons (Fsp3) is 0.300. The topological polar surface area (TPSA) is 59.8 Å². The molecule has 1 aliphatic heterocycles. The Hall–Kier alpha value is -1.70. The highest BCUT2D eigenvalue weighted by molar-refractivity contribution is 7.92. The average molecular weight is 408 g/mol. The van der Waals surface area contributed by atoms with Gasteiger partial charge >= 0.3 is 0 Å². The Bertz CT molecular complexity index is 849. The normalized spacial score (nSPS) is 17.2. The van der Waals surface area contributed by atoms with Gasteiger partial charge in [-0.2, -0.15) is 4.72 Å². The van der Waals surface area contributed by atoms with Gasteiger partial charge in [0.1, 0.15) is 13.1 Å². The molecule has 1 aliphatic rings. The van der Waals surface area contributed by atoms with Gasteiger partial charge in [-0.3, -0.25) is 0 Å². The van der Waals surface area contributed by atoms with Crippen LogP contribution in [0.2, 0.25) is 5.02 Å². The maximum Gasteiger partial charge on any atom is 0.234 e. The van der Waals surface area contributed by atoms with Crippen LogP contribution in [-0.2, 0) is 14.8 Å². The van der Waals surface area contributed by atoms with E-state index in [2.05, 4.69) is 4.72 Å². The zero-order valence-electron chi connectivity index (χ0n) is 15.0. The molecule has 2 aromatic rings. The summed E-state index contributed by atoms with van der Waals surface area (Å²) in [5.41, 5.74) is 1.74. The number of benzene rings is 2. The van der Waals surface area contributed by atoms with E-state index in [4.69, 9.17) is 16.3 Å². The van der Waals surface area contributed by atoms with Crippen molar-refractivity contribution in [3.8, 4) is 0 Å². The maximum absolute atomic E-state index is 12.6. The van der Waals surface area contributed by atoms with Crippen molar-refractivity contribution in [2.24, 2.45) is 0 Å². The first-order valence-corrected chi connectivity index (χ1v) is 10.9. The molecule has 0 radical (unpaired) electrons. The fourth-order valence-electron chi connectivity index (χ4n) is 3.05. The van der Waals surface area contributed by atoms with Crippen LogP contribution < -0.4 is 9.62 Å². The van der Waals surface area contributed by atoms with Crippen molar-refractivity contribution in [1.29, 1.82) is 0 Å². The Kier molecular flexibility index (Phi) is 7.04. The summed E-state index contributed by atoms with van der Waals surface area (Å²) in [5, 5.41) is 1.83. The second-order valence-electron chi connectivity index (χ2n) is 6.55. The van der Waals surface area contributed by atoms with E-state index in [1.54, 1.807) is 30.3 Å². The van der Waals surface area contributed by atoms with E-state index in [-0.39, 0.29) is 6.04 Å². The fourth-order valence-corrected chi connectivity index (χ4v) is 4.20. The zero-order valence-corrected chi connectivity index (χ0v) is 16.5. The predicted octanol–water partition coefficient (Wildman–Crippen LogP) is 1.89. The van der Waals surface area contributed by atoms with Gasteiger partial charge in [-0.15, -0.1) is 0 Å². The Morgan fingerprint density at radius 1 is 1.07 bits per heavy atom. The van der Waals surface area contributed by atoms with Gasteiger partial charge in [-0.25, -0.2) is 8.42 Å². The average Bonchev–Trinajstić information content (AvgIpc) is 2.68. The third-order valence-corrected chi connectivity index (χ3v) is 5.87. The van der Waals surface area contributed by atoms with Crippen LogP contribution in [0.1, 0.15) is 17.2 Å². The SMILES string of the molecule is O=S(=O)(/C=C/c1ccc(Cl)cc1)N[C@@H](C[NH+]1CCOCC1)c1ccccc1. The van der Waals surface area contributed by atoms with Gasteiger partial charge < -0.3 is 9.64 Å². The molecule has 0 saturated carbocycles. The number of hydrogen-bond acceptors (Lipinski definition) is 3. The van der Waals surface area contributed by atoms with Crippen molar-refractivity contribution in [1.82, 2.24) is 4.72 Å². The highest BCUT2D eigenvalue weighted by atomic mass is 35.5. The van der Waals surface area contributed by atoms with Crippen molar-refractivity contribution >= 4 is 27.7 Å². The summed E-state index contributed by atoms with van der Waals surface area (Å²) < 4.78 is 33.5. The van der Waals surface area contributed by atoms with Gasteiger partial charge in [0.15, 0.2) is 0 Å². The molecule has 0 amide bonds. The van der Waals surface area contributed by atoms with Gasteiger partial charge in [-0.05, 0) is 29.3 Å². The molecule has 5 nitrogen and oxygen atoms in total. The van der Waals surface area contributed by atoms with Crippen molar-refractivity contribution in [3.05, 3.63) is 76.2 Å². The monoisotopic (exact) mass is 407 g/mol. The Labute approximate surface area is 165 Å². The summed E-state index contributed by atoms with van der Waals surface area (Å²) in [6.07, 6.45) is 1.57. The molecule has 27 heavy (non-hydrogen) atoms. The maximum atomic E-state index is 12.6. The van der Waals surface area contributed by atoms with E-state index in [0.29, 0.717) is 24.8 Å². The first-order chi connectivity index (χ1) is 13.0. The minimum atomic E-state index is -3.60. The third kappa shape index (κ3) is 6.45. The smallest absolute Gasteiger partial charge is 0.234 e. The molecule has 2 N–H and O–H groups in total. The minimum Gasteiger partial charge on any atom is -0.370 e. The summed E-state index contributed by atoms with van der Waals surface area (Å²) in [5.74, 6) is 0. The van der Waals surface area contributed by atoms with Crippen LogP contribution in [0.3, 0.4) is 0 Å². The molecule has 2 aromatic carbocycles. The van der Waals surface area contributed by atoms with E-state index >= 15 is 0 Å². The molecule has 0 bridgehead atoms. The molecular formula is C20H24ClN2O3S+. The largest absolute Gasteiger partial charge is 0.370 e. The van der Waals surface area contributed by atoms with Crippen LogP contribution in [0, 0.1) is 0 Å². The molecule has 1 atom stereocenters. The molecule has 0 aliphatic carbocycles. The zero-order chi connectivity index (χ0) is 19.1. The summed E-state index contributed by atoms with van der Waals surface area (Å²) >= 11 is 5.87. The van der Waals surface area contributed by atoms with E-state index in [0.717, 1.165) is 24.2 Å². The second-order valence-corrected chi connectivity index (χ2v) is 8.58. The molecule has 7 heteroatoms. The van der Waals surface area contributed by atoms with Crippen molar-refractivity contribution in [3.63, 3.8) is 0 Å². The van der Waals surface area contributed by atoms with Gasteiger partial charge in [-0.1, -0.05) is 54.1 Å². The number of nitrogens with one attached hydrogen (secondary N) is 2. The summed E-state index contributed by atoms with van der Waals surface area (Å²) in [7, 11) is -3.60. The van der Waals surface area contributed by atoms with Crippen LogP contribution in [0.4, 0.5) is 0 Å². The Balaban J connectivity index is 1.74. The van der Waals surface area contributed by atoms with Gasteiger partial charge in [0, 0.05) is 10.4 Å². The Morgan fingerprint density at radius 2 is 1.74 bits per heavy atom. The number of sulfonamides is 1. The number of quaternary nitrogens is 1. The lowest BCUT2D eigenvalue weighted by Crippen LogP contribution is -3.14. The van der Waals surface area contributed by atoms with Crippen molar-refractivity contribution in [2.45, 2.75) is 6.04 Å². The van der Waals surface area contributed by atoms with Gasteiger partial charge in [0.05, 0.1) is 25.8 Å². The Morgan fingerprint density at radius 3 is 2.41 bits per heavy atom. The molecule has 1 fully saturated rings. The molecular weight excluding hydrogens is 384 g/mol. The lowest BCUT2D eigenvalue weighted by Gasteiger charge is -2.28. The van der Waals surface area contributed by atoms with Gasteiger partial charge in [0.25, 0.3) is 0 Å². The van der Waals surface area contributed by atoms with E-state index in [1.165, 1.54) is 10.3 Å².